The maximum atomic E-state index is 14.0. The number of amides is 2. The van der Waals surface area contributed by atoms with Gasteiger partial charge < -0.3 is 10.2 Å². The minimum atomic E-state index is -4.20. The van der Waals surface area contributed by atoms with Crippen molar-refractivity contribution >= 4 is 27.5 Å². The monoisotopic (exact) mass is 579 g/mol. The number of nitrogens with zero attached hydrogens (tertiary/aromatic N) is 2. The lowest BCUT2D eigenvalue weighted by Crippen LogP contribution is -2.53. The van der Waals surface area contributed by atoms with Crippen LogP contribution in [-0.2, 0) is 26.2 Å². The predicted molar refractivity (Wildman–Crippen MR) is 158 cm³/mol. The first-order valence-electron chi connectivity index (χ1n) is 14.0. The van der Waals surface area contributed by atoms with Crippen molar-refractivity contribution in [3.63, 3.8) is 0 Å². The van der Waals surface area contributed by atoms with Crippen LogP contribution in [0.15, 0.2) is 77.7 Å². The van der Waals surface area contributed by atoms with E-state index in [2.05, 4.69) is 5.32 Å². The molecule has 1 aliphatic carbocycles. The number of sulfonamides is 1. The van der Waals surface area contributed by atoms with Crippen LogP contribution in [0.1, 0.15) is 55.7 Å². The summed E-state index contributed by atoms with van der Waals surface area (Å²) in [5.41, 5.74) is 2.86. The fourth-order valence-corrected chi connectivity index (χ4v) is 6.55. The minimum Gasteiger partial charge on any atom is -0.352 e. The molecule has 0 saturated heterocycles. The molecule has 0 unspecified atom stereocenters. The highest BCUT2D eigenvalue weighted by Crippen LogP contribution is 2.25. The molecule has 0 aliphatic heterocycles. The van der Waals surface area contributed by atoms with Gasteiger partial charge in [-0.25, -0.2) is 12.8 Å². The van der Waals surface area contributed by atoms with Crippen molar-refractivity contribution in [2.45, 2.75) is 76.4 Å². The molecule has 1 fully saturated rings. The summed E-state index contributed by atoms with van der Waals surface area (Å²) in [7, 11) is -4.20. The van der Waals surface area contributed by atoms with Crippen molar-refractivity contribution in [1.82, 2.24) is 10.2 Å². The topological polar surface area (TPSA) is 86.8 Å². The number of nitrogens with one attached hydrogen (secondary N) is 1. The predicted octanol–water partition coefficient (Wildman–Crippen LogP) is 5.50. The quantitative estimate of drug-likeness (QED) is 0.344. The van der Waals surface area contributed by atoms with Crippen molar-refractivity contribution in [2.75, 3.05) is 10.8 Å². The van der Waals surface area contributed by atoms with E-state index < -0.39 is 34.3 Å². The number of aryl methyl sites for hydroxylation is 2. The van der Waals surface area contributed by atoms with Crippen LogP contribution in [0.4, 0.5) is 10.1 Å². The van der Waals surface area contributed by atoms with Gasteiger partial charge in [-0.3, -0.25) is 13.9 Å². The molecule has 3 aromatic carbocycles. The smallest absolute Gasteiger partial charge is 0.264 e. The molecular weight excluding hydrogens is 541 g/mol. The molecule has 7 nitrogen and oxygen atoms in total. The van der Waals surface area contributed by atoms with E-state index in [1.165, 1.54) is 29.2 Å². The van der Waals surface area contributed by atoms with Crippen molar-refractivity contribution in [3.05, 3.63) is 95.3 Å². The van der Waals surface area contributed by atoms with Crippen LogP contribution in [0.3, 0.4) is 0 Å². The Labute approximate surface area is 242 Å². The van der Waals surface area contributed by atoms with Crippen molar-refractivity contribution in [3.8, 4) is 0 Å². The SMILES string of the molecule is Cc1ccc(S(=O)(=O)N(CC(=O)N(Cc2cccc(C)c2)[C@@H](C)C(=O)NC2CCCCC2)c2ccc(F)cc2)cc1. The highest BCUT2D eigenvalue weighted by molar-refractivity contribution is 7.92. The van der Waals surface area contributed by atoms with E-state index in [0.717, 1.165) is 65.2 Å². The first-order chi connectivity index (χ1) is 19.5. The Morgan fingerprint density at radius 1 is 0.927 bits per heavy atom. The normalized spacial score (nSPS) is 14.7. The molecule has 4 rings (SSSR count). The van der Waals surface area contributed by atoms with E-state index in [0.29, 0.717) is 0 Å². The maximum absolute atomic E-state index is 14.0. The van der Waals surface area contributed by atoms with Gasteiger partial charge >= 0.3 is 0 Å². The molecule has 1 aliphatic rings. The molecular formula is C32H38FN3O4S. The Morgan fingerprint density at radius 2 is 1.59 bits per heavy atom. The van der Waals surface area contributed by atoms with Crippen LogP contribution in [0.25, 0.3) is 0 Å². The fourth-order valence-electron chi connectivity index (χ4n) is 5.13. The molecule has 9 heteroatoms. The Hall–Kier alpha value is -3.72. The highest BCUT2D eigenvalue weighted by Gasteiger charge is 2.33. The number of hydrogen-bond acceptors (Lipinski definition) is 4. The Kier molecular flexibility index (Phi) is 9.81. The van der Waals surface area contributed by atoms with Crippen LogP contribution in [0.2, 0.25) is 0 Å². The summed E-state index contributed by atoms with van der Waals surface area (Å²) in [4.78, 5) is 28.8. The third-order valence-corrected chi connectivity index (χ3v) is 9.34. The van der Waals surface area contributed by atoms with Crippen LogP contribution in [-0.4, -0.2) is 43.8 Å². The van der Waals surface area contributed by atoms with Gasteiger partial charge in [0.15, 0.2) is 0 Å². The summed E-state index contributed by atoms with van der Waals surface area (Å²) in [5.74, 6) is -1.34. The lowest BCUT2D eigenvalue weighted by atomic mass is 9.95. The largest absolute Gasteiger partial charge is 0.352 e. The van der Waals surface area contributed by atoms with Crippen LogP contribution in [0.5, 0.6) is 0 Å². The average Bonchev–Trinajstić information content (AvgIpc) is 2.95. The van der Waals surface area contributed by atoms with Gasteiger partial charge in [-0.2, -0.15) is 0 Å². The Balaban J connectivity index is 1.67. The van der Waals surface area contributed by atoms with E-state index in [-0.39, 0.29) is 29.1 Å². The van der Waals surface area contributed by atoms with Crippen molar-refractivity contribution in [2.24, 2.45) is 0 Å². The van der Waals surface area contributed by atoms with Crippen molar-refractivity contribution in [1.29, 1.82) is 0 Å². The molecule has 41 heavy (non-hydrogen) atoms. The molecule has 1 atom stereocenters. The summed E-state index contributed by atoms with van der Waals surface area (Å²) in [6, 6.07) is 18.2. The zero-order chi connectivity index (χ0) is 29.6. The summed E-state index contributed by atoms with van der Waals surface area (Å²) >= 11 is 0. The standard InChI is InChI=1S/C32H38FN3O4S/c1-23-12-18-30(19-13-23)41(39,40)36(29-16-14-27(33)15-17-29)22-31(37)35(21-26-9-7-8-24(2)20-26)25(3)32(38)34-28-10-5-4-6-11-28/h7-9,12-20,25,28H,4-6,10-11,21-22H2,1-3H3,(H,34,38)/t25-/m0/s1. The van der Waals surface area contributed by atoms with Gasteiger partial charge in [0, 0.05) is 12.6 Å². The zero-order valence-electron chi connectivity index (χ0n) is 23.8. The second kappa shape index (κ2) is 13.3. The molecule has 1 N–H and O–H groups in total. The van der Waals surface area contributed by atoms with Gasteiger partial charge in [0.1, 0.15) is 18.4 Å². The zero-order valence-corrected chi connectivity index (χ0v) is 24.7. The second-order valence-corrected chi connectivity index (χ2v) is 12.7. The summed E-state index contributed by atoms with van der Waals surface area (Å²) in [5, 5.41) is 3.10. The highest BCUT2D eigenvalue weighted by atomic mass is 32.2. The lowest BCUT2D eigenvalue weighted by molar-refractivity contribution is -0.139. The van der Waals surface area contributed by atoms with Crippen LogP contribution >= 0.6 is 0 Å². The van der Waals surface area contributed by atoms with E-state index >= 15 is 0 Å². The summed E-state index contributed by atoms with van der Waals surface area (Å²) in [6.07, 6.45) is 5.05. The second-order valence-electron chi connectivity index (χ2n) is 10.8. The number of hydrogen-bond donors (Lipinski definition) is 1. The maximum Gasteiger partial charge on any atom is 0.264 e. The van der Waals surface area contributed by atoms with Gasteiger partial charge in [0.25, 0.3) is 10.0 Å². The minimum absolute atomic E-state index is 0.00792. The third kappa shape index (κ3) is 7.73. The number of benzene rings is 3. The van der Waals surface area contributed by atoms with Crippen molar-refractivity contribution < 1.29 is 22.4 Å². The third-order valence-electron chi connectivity index (χ3n) is 7.56. The van der Waals surface area contributed by atoms with Gasteiger partial charge in [0.05, 0.1) is 10.6 Å². The molecule has 0 radical (unpaired) electrons. The molecule has 2 amide bonds. The fraction of sp³-hybridized carbons (Fsp3) is 0.375. The van der Waals surface area contributed by atoms with E-state index in [1.54, 1.807) is 19.1 Å². The van der Waals surface area contributed by atoms with Crippen LogP contribution in [0, 0.1) is 19.7 Å². The van der Waals surface area contributed by atoms with E-state index in [9.17, 15) is 22.4 Å². The van der Waals surface area contributed by atoms with Gasteiger partial charge in [0.2, 0.25) is 11.8 Å². The molecule has 0 bridgehead atoms. The van der Waals surface area contributed by atoms with Gasteiger partial charge in [-0.05, 0) is 75.6 Å². The summed E-state index contributed by atoms with van der Waals surface area (Å²) < 4.78 is 42.4. The number of rotatable bonds is 10. The Bertz CT molecular complexity index is 1450. The Morgan fingerprint density at radius 3 is 2.22 bits per heavy atom. The molecule has 0 aromatic heterocycles. The lowest BCUT2D eigenvalue weighted by Gasteiger charge is -2.33. The molecule has 1 saturated carbocycles. The number of anilines is 1. The molecule has 0 spiro atoms. The molecule has 3 aromatic rings. The number of halogens is 1. The number of carbonyl (C=O) groups excluding carboxylic acids is 2. The molecule has 0 heterocycles. The van der Waals surface area contributed by atoms with Crippen LogP contribution < -0.4 is 9.62 Å². The average molecular weight is 580 g/mol. The van der Waals surface area contributed by atoms with Gasteiger partial charge in [-0.15, -0.1) is 0 Å². The van der Waals surface area contributed by atoms with Gasteiger partial charge in [-0.1, -0.05) is 66.8 Å². The first kappa shape index (κ1) is 30.2. The first-order valence-corrected chi connectivity index (χ1v) is 15.5. The summed E-state index contributed by atoms with van der Waals surface area (Å²) in [6.45, 7) is 5.03. The van der Waals surface area contributed by atoms with E-state index in [4.69, 9.17) is 0 Å². The molecule has 218 valence electrons. The number of carbonyl (C=O) groups is 2. The van der Waals surface area contributed by atoms with E-state index in [1.807, 2.05) is 38.1 Å².